The van der Waals surface area contributed by atoms with Crippen molar-refractivity contribution < 1.29 is 0 Å². The molecule has 0 spiro atoms. The molecule has 3 heteroatoms. The maximum Gasteiger partial charge on any atom is 0.0907 e. The van der Waals surface area contributed by atoms with Crippen LogP contribution in [0.15, 0.2) is 12.1 Å². The molecule has 1 aromatic carbocycles. The highest BCUT2D eigenvalue weighted by Crippen LogP contribution is 2.28. The number of fused-ring (bicyclic) bond motifs is 1. The molecule has 0 aliphatic rings. The largest absolute Gasteiger partial charge is 0.383 e. The van der Waals surface area contributed by atoms with Gasteiger partial charge >= 0.3 is 0 Å². The first-order chi connectivity index (χ1) is 7.06. The SMILES string of the molecule is Cc1nc2cc(C)c(NC(C)C)cc2s1. The van der Waals surface area contributed by atoms with Gasteiger partial charge in [-0.15, -0.1) is 11.3 Å². The summed E-state index contributed by atoms with van der Waals surface area (Å²) in [5.74, 6) is 0. The van der Waals surface area contributed by atoms with Crippen LogP contribution in [-0.2, 0) is 0 Å². The summed E-state index contributed by atoms with van der Waals surface area (Å²) < 4.78 is 1.27. The first-order valence-electron chi connectivity index (χ1n) is 5.20. The van der Waals surface area contributed by atoms with E-state index in [2.05, 4.69) is 50.1 Å². The molecule has 15 heavy (non-hydrogen) atoms. The third kappa shape index (κ3) is 2.12. The number of hydrogen-bond donors (Lipinski definition) is 1. The van der Waals surface area contributed by atoms with E-state index >= 15 is 0 Å². The van der Waals surface area contributed by atoms with Crippen LogP contribution in [0.3, 0.4) is 0 Å². The van der Waals surface area contributed by atoms with Gasteiger partial charge < -0.3 is 5.32 Å². The van der Waals surface area contributed by atoms with Gasteiger partial charge in [-0.1, -0.05) is 0 Å². The van der Waals surface area contributed by atoms with Gasteiger partial charge in [0.25, 0.3) is 0 Å². The molecule has 0 atom stereocenters. The van der Waals surface area contributed by atoms with Crippen molar-refractivity contribution in [1.82, 2.24) is 4.98 Å². The molecule has 80 valence electrons. The van der Waals surface area contributed by atoms with Crippen molar-refractivity contribution in [2.75, 3.05) is 5.32 Å². The zero-order valence-electron chi connectivity index (χ0n) is 9.59. The normalized spacial score (nSPS) is 11.3. The van der Waals surface area contributed by atoms with Crippen molar-refractivity contribution in [2.24, 2.45) is 0 Å². The Labute approximate surface area is 94.3 Å². The summed E-state index contributed by atoms with van der Waals surface area (Å²) in [6.45, 7) is 8.48. The number of anilines is 1. The Morgan fingerprint density at radius 2 is 2.00 bits per heavy atom. The van der Waals surface area contributed by atoms with E-state index in [9.17, 15) is 0 Å². The standard InChI is InChI=1S/C12H16N2S/c1-7(2)13-10-6-12-11(5-8(10)3)14-9(4)15-12/h5-7,13H,1-4H3. The number of thiazole rings is 1. The molecule has 0 radical (unpaired) electrons. The van der Waals surface area contributed by atoms with Crippen LogP contribution in [0.1, 0.15) is 24.4 Å². The quantitative estimate of drug-likeness (QED) is 0.834. The van der Waals surface area contributed by atoms with Crippen LogP contribution in [0.2, 0.25) is 0 Å². The summed E-state index contributed by atoms with van der Waals surface area (Å²) in [7, 11) is 0. The number of aryl methyl sites for hydroxylation is 2. The van der Waals surface area contributed by atoms with Crippen molar-refractivity contribution in [3.63, 3.8) is 0 Å². The van der Waals surface area contributed by atoms with Crippen molar-refractivity contribution in [3.8, 4) is 0 Å². The lowest BCUT2D eigenvalue weighted by atomic mass is 10.1. The van der Waals surface area contributed by atoms with Crippen LogP contribution < -0.4 is 5.32 Å². The first-order valence-corrected chi connectivity index (χ1v) is 6.02. The average molecular weight is 220 g/mol. The van der Waals surface area contributed by atoms with E-state index in [-0.39, 0.29) is 0 Å². The fraction of sp³-hybridized carbons (Fsp3) is 0.417. The molecule has 2 aromatic rings. The minimum Gasteiger partial charge on any atom is -0.383 e. The van der Waals surface area contributed by atoms with Crippen molar-refractivity contribution >= 4 is 27.2 Å². The van der Waals surface area contributed by atoms with E-state index in [4.69, 9.17) is 0 Å². The highest BCUT2D eigenvalue weighted by molar-refractivity contribution is 7.18. The summed E-state index contributed by atoms with van der Waals surface area (Å²) in [5.41, 5.74) is 3.60. The molecular formula is C12H16N2S. The van der Waals surface area contributed by atoms with Gasteiger partial charge in [0.1, 0.15) is 0 Å². The summed E-state index contributed by atoms with van der Waals surface area (Å²) in [6.07, 6.45) is 0. The van der Waals surface area contributed by atoms with Crippen molar-refractivity contribution in [3.05, 3.63) is 22.7 Å². The van der Waals surface area contributed by atoms with E-state index in [0.717, 1.165) is 10.5 Å². The average Bonchev–Trinajstić information content (AvgIpc) is 2.44. The van der Waals surface area contributed by atoms with Gasteiger partial charge in [-0.05, 0) is 45.4 Å². The van der Waals surface area contributed by atoms with Gasteiger partial charge in [0.2, 0.25) is 0 Å². The number of rotatable bonds is 2. The number of nitrogens with one attached hydrogen (secondary N) is 1. The fourth-order valence-electron chi connectivity index (χ4n) is 1.66. The molecule has 0 aliphatic carbocycles. The second kappa shape index (κ2) is 3.81. The maximum atomic E-state index is 4.48. The highest BCUT2D eigenvalue weighted by Gasteiger charge is 2.05. The molecule has 1 aromatic heterocycles. The summed E-state index contributed by atoms with van der Waals surface area (Å²) >= 11 is 1.75. The Balaban J connectivity index is 2.51. The third-order valence-electron chi connectivity index (χ3n) is 2.29. The Hall–Kier alpha value is -1.09. The second-order valence-corrected chi connectivity index (χ2v) is 5.40. The highest BCUT2D eigenvalue weighted by atomic mass is 32.1. The van der Waals surface area contributed by atoms with Crippen molar-refractivity contribution in [2.45, 2.75) is 33.7 Å². The van der Waals surface area contributed by atoms with Crippen LogP contribution in [0.5, 0.6) is 0 Å². The summed E-state index contributed by atoms with van der Waals surface area (Å²) in [6, 6.07) is 4.83. The van der Waals surface area contributed by atoms with Crippen LogP contribution >= 0.6 is 11.3 Å². The van der Waals surface area contributed by atoms with Crippen LogP contribution in [0.25, 0.3) is 10.2 Å². The predicted molar refractivity (Wildman–Crippen MR) is 67.9 cm³/mol. The Morgan fingerprint density at radius 1 is 1.27 bits per heavy atom. The number of hydrogen-bond acceptors (Lipinski definition) is 3. The lowest BCUT2D eigenvalue weighted by Gasteiger charge is -2.12. The molecule has 0 aliphatic heterocycles. The monoisotopic (exact) mass is 220 g/mol. The van der Waals surface area contributed by atoms with Gasteiger partial charge in [0, 0.05) is 11.7 Å². The first kappa shape index (κ1) is 10.4. The maximum absolute atomic E-state index is 4.48. The minimum atomic E-state index is 0.468. The lowest BCUT2D eigenvalue weighted by Crippen LogP contribution is -2.10. The molecule has 0 bridgehead atoms. The zero-order chi connectivity index (χ0) is 11.0. The molecule has 1 heterocycles. The molecule has 2 rings (SSSR count). The minimum absolute atomic E-state index is 0.468. The van der Waals surface area contributed by atoms with Crippen LogP contribution in [-0.4, -0.2) is 11.0 Å². The lowest BCUT2D eigenvalue weighted by molar-refractivity contribution is 0.898. The molecule has 0 saturated carbocycles. The predicted octanol–water partition coefficient (Wildman–Crippen LogP) is 3.73. The Morgan fingerprint density at radius 3 is 2.67 bits per heavy atom. The molecule has 1 N–H and O–H groups in total. The molecule has 0 saturated heterocycles. The van der Waals surface area contributed by atoms with Gasteiger partial charge in [-0.3, -0.25) is 0 Å². The van der Waals surface area contributed by atoms with E-state index in [1.54, 1.807) is 11.3 Å². The fourth-order valence-corrected chi connectivity index (χ4v) is 2.51. The second-order valence-electron chi connectivity index (χ2n) is 4.17. The molecule has 0 fully saturated rings. The molecule has 2 nitrogen and oxygen atoms in total. The van der Waals surface area contributed by atoms with E-state index in [0.29, 0.717) is 6.04 Å². The van der Waals surface area contributed by atoms with Crippen LogP contribution in [0, 0.1) is 13.8 Å². The van der Waals surface area contributed by atoms with Gasteiger partial charge in [-0.2, -0.15) is 0 Å². The van der Waals surface area contributed by atoms with Crippen molar-refractivity contribution in [1.29, 1.82) is 0 Å². The van der Waals surface area contributed by atoms with E-state index in [1.165, 1.54) is 16.0 Å². The molecule has 0 amide bonds. The Bertz CT molecular complexity index is 486. The van der Waals surface area contributed by atoms with E-state index < -0.39 is 0 Å². The number of benzene rings is 1. The topological polar surface area (TPSA) is 24.9 Å². The van der Waals surface area contributed by atoms with Crippen LogP contribution in [0.4, 0.5) is 5.69 Å². The van der Waals surface area contributed by atoms with Gasteiger partial charge in [0.15, 0.2) is 0 Å². The van der Waals surface area contributed by atoms with E-state index in [1.807, 2.05) is 0 Å². The third-order valence-corrected chi connectivity index (χ3v) is 3.22. The smallest absolute Gasteiger partial charge is 0.0907 e. The van der Waals surface area contributed by atoms with Gasteiger partial charge in [0.05, 0.1) is 15.2 Å². The zero-order valence-corrected chi connectivity index (χ0v) is 10.4. The Kier molecular flexibility index (Phi) is 2.65. The molecule has 0 unspecified atom stereocenters. The number of nitrogens with zero attached hydrogens (tertiary/aromatic N) is 1. The summed E-state index contributed by atoms with van der Waals surface area (Å²) in [4.78, 5) is 4.48. The molecular weight excluding hydrogens is 204 g/mol. The summed E-state index contributed by atoms with van der Waals surface area (Å²) in [5, 5.41) is 4.58. The number of aromatic nitrogens is 1. The van der Waals surface area contributed by atoms with Gasteiger partial charge in [-0.25, -0.2) is 4.98 Å².